The Bertz CT molecular complexity index is 405. The highest BCUT2D eigenvalue weighted by atomic mass is 28.4. The number of hydrogen-bond donors (Lipinski definition) is 0. The van der Waals surface area contributed by atoms with Crippen LogP contribution in [-0.2, 0) is 22.5 Å². The standard InChI is InChI=1S/C18H36O5Si2/c1-15(14-25(20-2,21-3)22-4)18(19)23-24(5,16-10-6-7-11-16)17-12-8-9-13-17/h15-17H,6-14H2,1-5H3. The maximum absolute atomic E-state index is 13.0. The van der Waals surface area contributed by atoms with Crippen molar-refractivity contribution in [3.63, 3.8) is 0 Å². The van der Waals surface area contributed by atoms with Crippen LogP contribution in [0, 0.1) is 5.92 Å². The van der Waals surface area contributed by atoms with Crippen molar-refractivity contribution in [3.05, 3.63) is 0 Å². The molecule has 0 saturated heterocycles. The molecule has 0 aliphatic heterocycles. The van der Waals surface area contributed by atoms with Gasteiger partial charge in [-0.05, 0) is 43.3 Å². The SMILES string of the molecule is CO[Si](CC(C)C(=O)O[Si](C)(C1CCCC1)C1CCCC1)(OC)OC. The molecule has 2 rings (SSSR count). The van der Waals surface area contributed by atoms with Gasteiger partial charge in [-0.1, -0.05) is 32.6 Å². The second-order valence-corrected chi connectivity index (χ2v) is 15.2. The minimum Gasteiger partial charge on any atom is -0.519 e. The molecule has 2 aliphatic rings. The van der Waals surface area contributed by atoms with Gasteiger partial charge in [-0.25, -0.2) is 0 Å². The van der Waals surface area contributed by atoms with Gasteiger partial charge < -0.3 is 17.7 Å². The number of carbonyl (C=O) groups excluding carboxylic acids is 1. The molecule has 25 heavy (non-hydrogen) atoms. The molecule has 0 heterocycles. The molecule has 7 heteroatoms. The predicted octanol–water partition coefficient (Wildman–Crippen LogP) is 4.51. The first-order valence-electron chi connectivity index (χ1n) is 9.79. The van der Waals surface area contributed by atoms with Gasteiger partial charge in [0.1, 0.15) is 0 Å². The minimum absolute atomic E-state index is 0.0732. The molecular formula is C18H36O5Si2. The molecule has 0 radical (unpaired) electrons. The maximum atomic E-state index is 13.0. The van der Waals surface area contributed by atoms with Gasteiger partial charge in [-0.3, -0.25) is 4.79 Å². The molecule has 0 amide bonds. The molecule has 2 saturated carbocycles. The second-order valence-electron chi connectivity index (χ2n) is 7.97. The van der Waals surface area contributed by atoms with Crippen LogP contribution in [0.4, 0.5) is 0 Å². The third-order valence-corrected chi connectivity index (χ3v) is 14.6. The normalized spacial score (nSPS) is 21.6. The molecule has 1 unspecified atom stereocenters. The van der Waals surface area contributed by atoms with Crippen LogP contribution in [-0.4, -0.2) is 44.4 Å². The number of carbonyl (C=O) groups is 1. The Hall–Kier alpha value is -0.216. The molecular weight excluding hydrogens is 352 g/mol. The fourth-order valence-corrected chi connectivity index (χ4v) is 11.4. The van der Waals surface area contributed by atoms with E-state index in [1.165, 1.54) is 51.4 Å². The molecule has 5 nitrogen and oxygen atoms in total. The second kappa shape index (κ2) is 9.12. The van der Waals surface area contributed by atoms with E-state index in [1.807, 2.05) is 6.92 Å². The Morgan fingerprint density at radius 1 is 0.920 bits per heavy atom. The topological polar surface area (TPSA) is 54.0 Å². The maximum Gasteiger partial charge on any atom is 0.501 e. The Morgan fingerprint density at radius 2 is 1.32 bits per heavy atom. The van der Waals surface area contributed by atoms with E-state index in [1.54, 1.807) is 21.3 Å². The summed E-state index contributed by atoms with van der Waals surface area (Å²) >= 11 is 0. The summed E-state index contributed by atoms with van der Waals surface area (Å²) in [6.45, 7) is 4.25. The van der Waals surface area contributed by atoms with Crippen LogP contribution < -0.4 is 0 Å². The zero-order valence-corrected chi connectivity index (χ0v) is 18.6. The van der Waals surface area contributed by atoms with Gasteiger partial charge in [0.15, 0.2) is 0 Å². The van der Waals surface area contributed by atoms with Crippen molar-refractivity contribution in [2.45, 2.75) is 82.0 Å². The first-order valence-corrected chi connectivity index (χ1v) is 14.3. The van der Waals surface area contributed by atoms with Gasteiger partial charge in [0.05, 0.1) is 5.92 Å². The average Bonchev–Trinajstić information content (AvgIpc) is 3.33. The summed E-state index contributed by atoms with van der Waals surface area (Å²) in [5.41, 5.74) is 1.28. The van der Waals surface area contributed by atoms with Crippen molar-refractivity contribution < 1.29 is 22.5 Å². The van der Waals surface area contributed by atoms with Crippen molar-refractivity contribution in [2.24, 2.45) is 5.92 Å². The fourth-order valence-electron chi connectivity index (χ4n) is 4.77. The highest BCUT2D eigenvalue weighted by Crippen LogP contribution is 2.50. The fraction of sp³-hybridized carbons (Fsp3) is 0.944. The molecule has 2 fully saturated rings. The van der Waals surface area contributed by atoms with Crippen molar-refractivity contribution in [3.8, 4) is 0 Å². The highest BCUT2D eigenvalue weighted by molar-refractivity contribution is 6.77. The Kier molecular flexibility index (Phi) is 7.70. The first-order chi connectivity index (χ1) is 11.9. The summed E-state index contributed by atoms with van der Waals surface area (Å²) in [5.74, 6) is -0.336. The lowest BCUT2D eigenvalue weighted by Gasteiger charge is -2.39. The summed E-state index contributed by atoms with van der Waals surface area (Å²) < 4.78 is 22.9. The molecule has 1 atom stereocenters. The molecule has 2 aliphatic carbocycles. The molecule has 0 N–H and O–H groups in total. The van der Waals surface area contributed by atoms with Gasteiger partial charge in [0.25, 0.3) is 14.3 Å². The van der Waals surface area contributed by atoms with Crippen molar-refractivity contribution in [2.75, 3.05) is 21.3 Å². The number of hydrogen-bond acceptors (Lipinski definition) is 5. The lowest BCUT2D eigenvalue weighted by Crippen LogP contribution is -2.49. The molecule has 146 valence electrons. The molecule has 0 aromatic heterocycles. The van der Waals surface area contributed by atoms with Crippen LogP contribution in [0.1, 0.15) is 58.3 Å². The van der Waals surface area contributed by atoms with E-state index >= 15 is 0 Å². The number of rotatable bonds is 9. The zero-order chi connectivity index (χ0) is 18.5. The van der Waals surface area contributed by atoms with E-state index in [0.717, 1.165) is 0 Å². The van der Waals surface area contributed by atoms with Gasteiger partial charge in [0, 0.05) is 27.4 Å². The van der Waals surface area contributed by atoms with Gasteiger partial charge in [-0.2, -0.15) is 0 Å². The molecule has 0 aromatic rings. The van der Waals surface area contributed by atoms with Crippen LogP contribution >= 0.6 is 0 Å². The quantitative estimate of drug-likeness (QED) is 0.544. The first kappa shape index (κ1) is 21.1. The zero-order valence-electron chi connectivity index (χ0n) is 16.6. The third-order valence-electron chi connectivity index (χ3n) is 6.54. The summed E-state index contributed by atoms with van der Waals surface area (Å²) in [7, 11) is -0.0672. The van der Waals surface area contributed by atoms with E-state index in [2.05, 4.69) is 6.55 Å². The monoisotopic (exact) mass is 388 g/mol. The Morgan fingerprint density at radius 3 is 1.68 bits per heavy atom. The molecule has 0 aromatic carbocycles. The van der Waals surface area contributed by atoms with Crippen molar-refractivity contribution in [1.82, 2.24) is 0 Å². The van der Waals surface area contributed by atoms with Crippen molar-refractivity contribution in [1.29, 1.82) is 0 Å². The lowest BCUT2D eigenvalue weighted by molar-refractivity contribution is -0.139. The van der Waals surface area contributed by atoms with Gasteiger partial charge in [0.2, 0.25) is 0 Å². The minimum atomic E-state index is -2.77. The van der Waals surface area contributed by atoms with Crippen molar-refractivity contribution >= 4 is 23.1 Å². The van der Waals surface area contributed by atoms with E-state index in [9.17, 15) is 4.79 Å². The van der Waals surface area contributed by atoms with Crippen LogP contribution in [0.25, 0.3) is 0 Å². The van der Waals surface area contributed by atoms with E-state index in [-0.39, 0.29) is 11.9 Å². The third kappa shape index (κ3) is 4.74. The van der Waals surface area contributed by atoms with Crippen LogP contribution in [0.3, 0.4) is 0 Å². The van der Waals surface area contributed by atoms with E-state index < -0.39 is 17.1 Å². The smallest absolute Gasteiger partial charge is 0.501 e. The van der Waals surface area contributed by atoms with Gasteiger partial charge >= 0.3 is 8.80 Å². The van der Waals surface area contributed by atoms with E-state index in [0.29, 0.717) is 17.1 Å². The Balaban J connectivity index is 2.08. The highest BCUT2D eigenvalue weighted by Gasteiger charge is 2.51. The van der Waals surface area contributed by atoms with Crippen LogP contribution in [0.15, 0.2) is 0 Å². The predicted molar refractivity (Wildman–Crippen MR) is 103 cm³/mol. The summed E-state index contributed by atoms with van der Waals surface area (Å²) in [6, 6.07) is 0.467. The lowest BCUT2D eigenvalue weighted by atomic mass is 10.2. The average molecular weight is 389 g/mol. The summed E-state index contributed by atoms with van der Waals surface area (Å²) in [4.78, 5) is 13.0. The van der Waals surface area contributed by atoms with Gasteiger partial charge in [-0.15, -0.1) is 0 Å². The summed E-state index contributed by atoms with van der Waals surface area (Å²) in [6.07, 6.45) is 10.1. The largest absolute Gasteiger partial charge is 0.519 e. The van der Waals surface area contributed by atoms with E-state index in [4.69, 9.17) is 17.7 Å². The Labute approximate surface area is 155 Å². The van der Waals surface area contributed by atoms with Crippen LogP contribution in [0.5, 0.6) is 0 Å². The molecule has 0 spiro atoms. The molecule has 0 bridgehead atoms. The summed E-state index contributed by atoms with van der Waals surface area (Å²) in [5, 5.41) is 0. The van der Waals surface area contributed by atoms with Crippen LogP contribution in [0.2, 0.25) is 23.7 Å².